The molecule has 2 heterocycles. The van der Waals surface area contributed by atoms with Crippen molar-refractivity contribution in [3.63, 3.8) is 0 Å². The van der Waals surface area contributed by atoms with Gasteiger partial charge >= 0.3 is 5.97 Å². The first-order chi connectivity index (χ1) is 32.5. The Morgan fingerprint density at radius 3 is 1.97 bits per heavy atom. The highest BCUT2D eigenvalue weighted by molar-refractivity contribution is 8.05. The summed E-state index contributed by atoms with van der Waals surface area (Å²) in [6, 6.07) is 57.2. The lowest BCUT2D eigenvalue weighted by Gasteiger charge is -2.32. The van der Waals surface area contributed by atoms with E-state index in [1.165, 1.54) is 57.3 Å². The SMILES string of the molecule is CCCCCCNc1cc(-c2ccc3c(c2)C(C)(C)c2cc(N(C(=C(c4ccccc4)c4ccccc4)c4ccccc4)c4ccc(C)cc4)ccc2-3)sc1/C=C1\SC(C)N(CC(=O)O)C1=O. The number of nitrogens with one attached hydrogen (secondary N) is 1. The molecule has 0 bridgehead atoms. The number of benzene rings is 6. The summed E-state index contributed by atoms with van der Waals surface area (Å²) in [4.78, 5) is 31.6. The highest BCUT2D eigenvalue weighted by Gasteiger charge is 2.38. The average molecular weight is 920 g/mol. The van der Waals surface area contributed by atoms with Gasteiger partial charge in [0, 0.05) is 33.8 Å². The quantitative estimate of drug-likeness (QED) is 0.0572. The van der Waals surface area contributed by atoms with Gasteiger partial charge in [-0.3, -0.25) is 9.59 Å². The predicted octanol–water partition coefficient (Wildman–Crippen LogP) is 15.1. The van der Waals surface area contributed by atoms with E-state index in [9.17, 15) is 14.7 Å². The first-order valence-corrected chi connectivity index (χ1v) is 25.1. The fraction of sp³-hybridized carbons (Fsp3) is 0.220. The molecule has 1 aromatic heterocycles. The van der Waals surface area contributed by atoms with E-state index in [0.29, 0.717) is 4.91 Å². The predicted molar refractivity (Wildman–Crippen MR) is 283 cm³/mol. The van der Waals surface area contributed by atoms with Crippen molar-refractivity contribution in [2.45, 2.75) is 71.1 Å². The number of fused-ring (bicyclic) bond motifs is 3. The molecule has 1 fully saturated rings. The smallest absolute Gasteiger partial charge is 0.323 e. The van der Waals surface area contributed by atoms with E-state index in [4.69, 9.17) is 0 Å². The van der Waals surface area contributed by atoms with Gasteiger partial charge in [-0.05, 0) is 107 Å². The minimum Gasteiger partial charge on any atom is -0.480 e. The molecule has 0 radical (unpaired) electrons. The monoisotopic (exact) mass is 919 g/mol. The number of carbonyl (C=O) groups excluding carboxylic acids is 1. The number of amides is 1. The summed E-state index contributed by atoms with van der Waals surface area (Å²) in [5.41, 5.74) is 15.8. The minimum absolute atomic E-state index is 0.233. The van der Waals surface area contributed by atoms with E-state index >= 15 is 0 Å². The zero-order valence-corrected chi connectivity index (χ0v) is 40.5. The van der Waals surface area contributed by atoms with E-state index in [1.807, 2.05) is 13.0 Å². The molecule has 1 unspecified atom stereocenters. The molecule has 2 aliphatic rings. The molecule has 1 saturated heterocycles. The number of aliphatic carboxylic acids is 1. The third-order valence-electron chi connectivity index (χ3n) is 13.0. The number of carboxylic acid groups (broad SMARTS) is 1. The van der Waals surface area contributed by atoms with Gasteiger partial charge in [0.2, 0.25) is 0 Å². The molecule has 1 amide bonds. The Morgan fingerprint density at radius 1 is 0.746 bits per heavy atom. The zero-order valence-electron chi connectivity index (χ0n) is 38.9. The Bertz CT molecular complexity index is 2930. The maximum atomic E-state index is 13.5. The van der Waals surface area contributed by atoms with Gasteiger partial charge in [0.25, 0.3) is 5.91 Å². The van der Waals surface area contributed by atoms with Crippen LogP contribution in [0.5, 0.6) is 0 Å². The van der Waals surface area contributed by atoms with Gasteiger partial charge in [-0.2, -0.15) is 0 Å². The molecule has 67 heavy (non-hydrogen) atoms. The minimum atomic E-state index is -1.01. The van der Waals surface area contributed by atoms with Crippen molar-refractivity contribution in [3.8, 4) is 21.6 Å². The van der Waals surface area contributed by atoms with E-state index in [2.05, 4.69) is 196 Å². The van der Waals surface area contributed by atoms with Crippen molar-refractivity contribution < 1.29 is 14.7 Å². The molecule has 6 aromatic carbocycles. The standard InChI is InChI=1S/C59H57N3O3S2/c1-6-7-8-18-33-60-51-36-52(67-53(51)37-54-58(65)61(38-55(63)64)40(3)66-54)44-27-31-47-48-32-30-46(35-50(48)59(4,5)49(47)34-44)62(45-28-25-39(2)26-29-45)57(43-23-16-11-17-24-43)56(41-19-12-9-13-20-41)42-21-14-10-15-22-42/h9-17,19-32,34-37,40,60H,6-8,18,33,38H2,1-5H3,(H,63,64)/b54-37-. The summed E-state index contributed by atoms with van der Waals surface area (Å²) in [5.74, 6) is -1.24. The first kappa shape index (κ1) is 45.5. The van der Waals surface area contributed by atoms with E-state index < -0.39 is 5.97 Å². The van der Waals surface area contributed by atoms with Crippen LogP contribution in [-0.2, 0) is 15.0 Å². The molecule has 8 heteroatoms. The molecule has 1 aliphatic carbocycles. The molecule has 0 spiro atoms. The highest BCUT2D eigenvalue weighted by atomic mass is 32.2. The van der Waals surface area contributed by atoms with Crippen LogP contribution in [0.1, 0.15) is 91.6 Å². The number of rotatable bonds is 16. The van der Waals surface area contributed by atoms with Gasteiger partial charge < -0.3 is 20.2 Å². The number of aryl methyl sites for hydroxylation is 1. The maximum Gasteiger partial charge on any atom is 0.323 e. The molecule has 1 aliphatic heterocycles. The topological polar surface area (TPSA) is 72.9 Å². The number of hydrogen-bond donors (Lipinski definition) is 2. The highest BCUT2D eigenvalue weighted by Crippen LogP contribution is 2.53. The largest absolute Gasteiger partial charge is 0.480 e. The second kappa shape index (κ2) is 19.7. The third-order valence-corrected chi connectivity index (χ3v) is 15.3. The van der Waals surface area contributed by atoms with Gasteiger partial charge in [0.05, 0.1) is 26.5 Å². The van der Waals surface area contributed by atoms with Crippen molar-refractivity contribution in [1.82, 2.24) is 4.90 Å². The number of anilines is 3. The number of hydrogen-bond acceptors (Lipinski definition) is 6. The van der Waals surface area contributed by atoms with Gasteiger partial charge in [-0.25, -0.2) is 0 Å². The van der Waals surface area contributed by atoms with Gasteiger partial charge in [-0.15, -0.1) is 11.3 Å². The second-order valence-corrected chi connectivity index (χ2v) is 20.5. The molecule has 6 nitrogen and oxygen atoms in total. The second-order valence-electron chi connectivity index (χ2n) is 18.0. The first-order valence-electron chi connectivity index (χ1n) is 23.4. The lowest BCUT2D eigenvalue weighted by Crippen LogP contribution is -2.35. The number of unbranched alkanes of at least 4 members (excludes halogenated alkanes) is 3. The molecule has 7 aromatic rings. The Kier molecular flexibility index (Phi) is 13.4. The van der Waals surface area contributed by atoms with E-state index in [0.717, 1.165) is 79.7 Å². The lowest BCUT2D eigenvalue weighted by molar-refractivity contribution is -0.142. The maximum absolute atomic E-state index is 13.5. The zero-order chi connectivity index (χ0) is 46.7. The van der Waals surface area contributed by atoms with Gasteiger partial charge in [0.1, 0.15) is 6.54 Å². The van der Waals surface area contributed by atoms with E-state index in [-0.39, 0.29) is 23.2 Å². The Hall–Kier alpha value is -6.61. The number of thioether (sulfide) groups is 1. The van der Waals surface area contributed by atoms with Crippen molar-refractivity contribution in [1.29, 1.82) is 0 Å². The van der Waals surface area contributed by atoms with Crippen LogP contribution in [0.15, 0.2) is 163 Å². The fourth-order valence-electron chi connectivity index (χ4n) is 9.48. The van der Waals surface area contributed by atoms with Crippen LogP contribution in [0, 0.1) is 6.92 Å². The summed E-state index contributed by atoms with van der Waals surface area (Å²) in [7, 11) is 0. The number of carbonyl (C=O) groups is 2. The Morgan fingerprint density at radius 2 is 1.34 bits per heavy atom. The number of nitrogens with zero attached hydrogens (tertiary/aromatic N) is 2. The summed E-state index contributed by atoms with van der Waals surface area (Å²) in [5, 5.41) is 13.0. The molecule has 338 valence electrons. The van der Waals surface area contributed by atoms with Crippen LogP contribution < -0.4 is 10.2 Å². The van der Waals surface area contributed by atoms with Crippen LogP contribution in [0.3, 0.4) is 0 Å². The van der Waals surface area contributed by atoms with Crippen LogP contribution >= 0.6 is 23.1 Å². The van der Waals surface area contributed by atoms with Crippen molar-refractivity contribution in [2.24, 2.45) is 0 Å². The molecule has 0 saturated carbocycles. The Balaban J connectivity index is 1.14. The fourth-order valence-corrected chi connectivity index (χ4v) is 11.7. The van der Waals surface area contributed by atoms with Crippen LogP contribution in [-0.4, -0.2) is 40.3 Å². The molecule has 1 atom stereocenters. The molecular formula is C59H57N3O3S2. The molecule has 2 N–H and O–H groups in total. The third kappa shape index (κ3) is 9.38. The van der Waals surface area contributed by atoms with Gasteiger partial charge in [-0.1, -0.05) is 179 Å². The van der Waals surface area contributed by atoms with Crippen molar-refractivity contribution >= 4 is 69.4 Å². The summed E-state index contributed by atoms with van der Waals surface area (Å²) >= 11 is 3.09. The number of carboxylic acids is 1. The average Bonchev–Trinajstić information content (AvgIpc) is 3.94. The molecule has 9 rings (SSSR count). The molecular weight excluding hydrogens is 863 g/mol. The van der Waals surface area contributed by atoms with Crippen molar-refractivity contribution in [2.75, 3.05) is 23.3 Å². The van der Waals surface area contributed by atoms with Crippen LogP contribution in [0.2, 0.25) is 0 Å². The van der Waals surface area contributed by atoms with Gasteiger partial charge in [0.15, 0.2) is 0 Å². The van der Waals surface area contributed by atoms with Crippen LogP contribution in [0.25, 0.3) is 38.9 Å². The lowest BCUT2D eigenvalue weighted by atomic mass is 9.81. The summed E-state index contributed by atoms with van der Waals surface area (Å²) < 4.78 is 0. The summed E-state index contributed by atoms with van der Waals surface area (Å²) in [6.07, 6.45) is 6.54. The Labute approximate surface area is 403 Å². The van der Waals surface area contributed by atoms with Crippen LogP contribution in [0.4, 0.5) is 17.1 Å². The van der Waals surface area contributed by atoms with Crippen molar-refractivity contribution in [3.05, 3.63) is 201 Å². The van der Waals surface area contributed by atoms with E-state index in [1.54, 1.807) is 11.3 Å². The normalized spacial score (nSPS) is 15.4. The number of thiophene rings is 1. The summed E-state index contributed by atoms with van der Waals surface area (Å²) in [6.45, 7) is 11.5.